The van der Waals surface area contributed by atoms with Gasteiger partial charge < -0.3 is 15.5 Å². The molecular formula is C16H25N3O. The molecule has 1 aromatic rings. The predicted molar refractivity (Wildman–Crippen MR) is 81.2 cm³/mol. The van der Waals surface area contributed by atoms with Crippen molar-refractivity contribution < 1.29 is 4.79 Å². The van der Waals surface area contributed by atoms with Crippen LogP contribution in [0.4, 0.5) is 4.79 Å². The maximum absolute atomic E-state index is 12.4. The van der Waals surface area contributed by atoms with Crippen molar-refractivity contribution in [1.29, 1.82) is 0 Å². The van der Waals surface area contributed by atoms with Gasteiger partial charge in [0.15, 0.2) is 0 Å². The Kier molecular flexibility index (Phi) is 5.01. The van der Waals surface area contributed by atoms with Crippen LogP contribution < -0.4 is 5.73 Å². The highest BCUT2D eigenvalue weighted by atomic mass is 16.2. The van der Waals surface area contributed by atoms with Gasteiger partial charge >= 0.3 is 6.03 Å². The summed E-state index contributed by atoms with van der Waals surface area (Å²) in [4.78, 5) is 16.1. The number of hydrogen-bond donors (Lipinski definition) is 1. The minimum Gasteiger partial charge on any atom is -0.326 e. The summed E-state index contributed by atoms with van der Waals surface area (Å²) in [5.74, 6) is 0.744. The molecule has 0 radical (unpaired) electrons. The van der Waals surface area contributed by atoms with E-state index in [1.165, 1.54) is 0 Å². The molecule has 1 aliphatic heterocycles. The van der Waals surface area contributed by atoms with Crippen molar-refractivity contribution >= 4 is 6.03 Å². The van der Waals surface area contributed by atoms with Crippen molar-refractivity contribution in [2.24, 2.45) is 11.7 Å². The molecule has 4 nitrogen and oxygen atoms in total. The third-order valence-electron chi connectivity index (χ3n) is 4.06. The van der Waals surface area contributed by atoms with Gasteiger partial charge in [-0.25, -0.2) is 4.79 Å². The molecular weight excluding hydrogens is 250 g/mol. The molecule has 1 fully saturated rings. The number of amides is 2. The standard InChI is InChI=1S/C16H25N3O/c1-13-7-9-19(10-8-13)16(20)18(2)12-15-5-3-14(11-17)4-6-15/h3-6,13H,7-12,17H2,1-2H3. The SMILES string of the molecule is CC1CCN(C(=O)N(C)Cc2ccc(CN)cc2)CC1. The predicted octanol–water partition coefficient (Wildman–Crippen LogP) is 2.43. The number of piperidine rings is 1. The Morgan fingerprint density at radius 2 is 1.80 bits per heavy atom. The maximum atomic E-state index is 12.4. The average molecular weight is 275 g/mol. The summed E-state index contributed by atoms with van der Waals surface area (Å²) < 4.78 is 0. The highest BCUT2D eigenvalue weighted by molar-refractivity contribution is 5.74. The minimum absolute atomic E-state index is 0.139. The van der Waals surface area contributed by atoms with Gasteiger partial charge in [0.1, 0.15) is 0 Å². The molecule has 4 heteroatoms. The van der Waals surface area contributed by atoms with Gasteiger partial charge in [-0.1, -0.05) is 31.2 Å². The number of carbonyl (C=O) groups is 1. The number of benzene rings is 1. The molecule has 2 rings (SSSR count). The van der Waals surface area contributed by atoms with Crippen LogP contribution >= 0.6 is 0 Å². The van der Waals surface area contributed by atoms with Crippen molar-refractivity contribution in [1.82, 2.24) is 9.80 Å². The van der Waals surface area contributed by atoms with Gasteiger partial charge in [-0.15, -0.1) is 0 Å². The van der Waals surface area contributed by atoms with E-state index in [9.17, 15) is 4.79 Å². The lowest BCUT2D eigenvalue weighted by Crippen LogP contribution is -2.44. The van der Waals surface area contributed by atoms with Crippen molar-refractivity contribution in [3.63, 3.8) is 0 Å². The quantitative estimate of drug-likeness (QED) is 0.921. The molecule has 0 unspecified atom stereocenters. The second kappa shape index (κ2) is 6.75. The molecule has 1 heterocycles. The average Bonchev–Trinajstić information content (AvgIpc) is 2.48. The number of hydrogen-bond acceptors (Lipinski definition) is 2. The van der Waals surface area contributed by atoms with E-state index in [-0.39, 0.29) is 6.03 Å². The second-order valence-corrected chi connectivity index (χ2v) is 5.83. The highest BCUT2D eigenvalue weighted by Crippen LogP contribution is 2.17. The van der Waals surface area contributed by atoms with Crippen molar-refractivity contribution in [2.45, 2.75) is 32.9 Å². The minimum atomic E-state index is 0.139. The summed E-state index contributed by atoms with van der Waals surface area (Å²) >= 11 is 0. The topological polar surface area (TPSA) is 49.6 Å². The number of urea groups is 1. The fraction of sp³-hybridized carbons (Fsp3) is 0.562. The normalized spacial score (nSPS) is 16.2. The lowest BCUT2D eigenvalue weighted by molar-refractivity contribution is 0.141. The lowest BCUT2D eigenvalue weighted by Gasteiger charge is -2.33. The fourth-order valence-corrected chi connectivity index (χ4v) is 2.56. The van der Waals surface area contributed by atoms with E-state index in [4.69, 9.17) is 5.73 Å². The molecule has 2 amide bonds. The van der Waals surface area contributed by atoms with Crippen molar-refractivity contribution in [3.05, 3.63) is 35.4 Å². The third kappa shape index (κ3) is 3.73. The highest BCUT2D eigenvalue weighted by Gasteiger charge is 2.22. The van der Waals surface area contributed by atoms with Crippen LogP contribution in [0.15, 0.2) is 24.3 Å². The van der Waals surface area contributed by atoms with Crippen LogP contribution in [-0.2, 0) is 13.1 Å². The van der Waals surface area contributed by atoms with Crippen LogP contribution in [-0.4, -0.2) is 36.0 Å². The van der Waals surface area contributed by atoms with Crippen LogP contribution in [0.2, 0.25) is 0 Å². The van der Waals surface area contributed by atoms with Crippen molar-refractivity contribution in [3.8, 4) is 0 Å². The van der Waals surface area contributed by atoms with E-state index in [1.807, 2.05) is 36.2 Å². The summed E-state index contributed by atoms with van der Waals surface area (Å²) in [6.45, 7) is 5.23. The number of likely N-dealkylation sites (tertiary alicyclic amines) is 1. The molecule has 2 N–H and O–H groups in total. The molecule has 0 aliphatic carbocycles. The summed E-state index contributed by atoms with van der Waals surface area (Å²) in [6, 6.07) is 8.28. The zero-order valence-electron chi connectivity index (χ0n) is 12.5. The smallest absolute Gasteiger partial charge is 0.320 e. The summed E-state index contributed by atoms with van der Waals surface area (Å²) in [7, 11) is 1.87. The summed E-state index contributed by atoms with van der Waals surface area (Å²) in [6.07, 6.45) is 2.23. The molecule has 0 saturated carbocycles. The summed E-state index contributed by atoms with van der Waals surface area (Å²) in [5, 5.41) is 0. The van der Waals surface area contributed by atoms with Crippen molar-refractivity contribution in [2.75, 3.05) is 20.1 Å². The number of rotatable bonds is 3. The van der Waals surface area contributed by atoms with Crippen LogP contribution in [0.5, 0.6) is 0 Å². The zero-order valence-corrected chi connectivity index (χ0v) is 12.5. The summed E-state index contributed by atoms with van der Waals surface area (Å²) in [5.41, 5.74) is 7.85. The Bertz CT molecular complexity index is 436. The monoisotopic (exact) mass is 275 g/mol. The van der Waals surface area contributed by atoms with E-state index >= 15 is 0 Å². The molecule has 1 saturated heterocycles. The van der Waals surface area contributed by atoms with Gasteiger partial charge in [0, 0.05) is 33.2 Å². The Labute approximate surface area is 121 Å². The van der Waals surface area contributed by atoms with Gasteiger partial charge in [-0.2, -0.15) is 0 Å². The Hall–Kier alpha value is -1.55. The molecule has 0 bridgehead atoms. The van der Waals surface area contributed by atoms with Crippen LogP contribution in [0.1, 0.15) is 30.9 Å². The first-order valence-corrected chi connectivity index (χ1v) is 7.38. The third-order valence-corrected chi connectivity index (χ3v) is 4.06. The molecule has 1 aliphatic rings. The van der Waals surface area contributed by atoms with Gasteiger partial charge in [-0.3, -0.25) is 0 Å². The van der Waals surface area contributed by atoms with Crippen LogP contribution in [0.3, 0.4) is 0 Å². The number of carbonyl (C=O) groups excluding carboxylic acids is 1. The van der Waals surface area contributed by atoms with Gasteiger partial charge in [0.2, 0.25) is 0 Å². The Balaban J connectivity index is 1.89. The molecule has 110 valence electrons. The Morgan fingerprint density at radius 1 is 1.25 bits per heavy atom. The fourth-order valence-electron chi connectivity index (χ4n) is 2.56. The van der Waals surface area contributed by atoms with Gasteiger partial charge in [-0.05, 0) is 29.9 Å². The molecule has 0 atom stereocenters. The first-order valence-electron chi connectivity index (χ1n) is 7.38. The van der Waals surface area contributed by atoms with Gasteiger partial charge in [0.05, 0.1) is 0 Å². The molecule has 1 aromatic carbocycles. The molecule has 0 aromatic heterocycles. The van der Waals surface area contributed by atoms with Gasteiger partial charge in [0.25, 0.3) is 0 Å². The van der Waals surface area contributed by atoms with E-state index in [0.29, 0.717) is 13.1 Å². The first-order chi connectivity index (χ1) is 9.60. The van der Waals surface area contributed by atoms with E-state index in [0.717, 1.165) is 43.0 Å². The van der Waals surface area contributed by atoms with E-state index in [2.05, 4.69) is 6.92 Å². The first kappa shape index (κ1) is 14.9. The van der Waals surface area contributed by atoms with Crippen LogP contribution in [0, 0.1) is 5.92 Å². The molecule has 20 heavy (non-hydrogen) atoms. The number of nitrogens with two attached hydrogens (primary N) is 1. The largest absolute Gasteiger partial charge is 0.326 e. The van der Waals surface area contributed by atoms with E-state index < -0.39 is 0 Å². The maximum Gasteiger partial charge on any atom is 0.320 e. The number of nitrogens with zero attached hydrogens (tertiary/aromatic N) is 2. The lowest BCUT2D eigenvalue weighted by atomic mass is 9.99. The second-order valence-electron chi connectivity index (χ2n) is 5.83. The zero-order chi connectivity index (χ0) is 14.5. The van der Waals surface area contributed by atoms with E-state index in [1.54, 1.807) is 4.90 Å². The molecule has 0 spiro atoms. The Morgan fingerprint density at radius 3 is 2.35 bits per heavy atom. The van der Waals surface area contributed by atoms with Crippen LogP contribution in [0.25, 0.3) is 0 Å².